The van der Waals surface area contributed by atoms with Crippen molar-refractivity contribution < 1.29 is 49.3 Å². The van der Waals surface area contributed by atoms with Crippen molar-refractivity contribution in [3.63, 3.8) is 0 Å². The summed E-state index contributed by atoms with van der Waals surface area (Å²) in [7, 11) is -3.41. The molecule has 0 aliphatic rings. The van der Waals surface area contributed by atoms with Crippen molar-refractivity contribution in [1.82, 2.24) is 0 Å². The maximum Gasteiger partial charge on any atom is 1.00 e. The molecule has 0 saturated carbocycles. The van der Waals surface area contributed by atoms with Gasteiger partial charge in [0, 0.05) is 10.4 Å². The summed E-state index contributed by atoms with van der Waals surface area (Å²) in [4.78, 5) is 10.7. The molecule has 2 rings (SSSR count). The summed E-state index contributed by atoms with van der Waals surface area (Å²) in [5, 5.41) is 10.5. The fourth-order valence-electron chi connectivity index (χ4n) is 1.78. The summed E-state index contributed by atoms with van der Waals surface area (Å²) in [6, 6.07) is 12.6. The average molecular weight is 361 g/mol. The van der Waals surface area contributed by atoms with Gasteiger partial charge in [0.15, 0.2) is 9.84 Å². The fourth-order valence-corrected chi connectivity index (χ4v) is 3.02. The molecule has 0 aliphatic heterocycles. The average Bonchev–Trinajstić information content (AvgIpc) is 2.48. The molecule has 0 amide bonds. The molecule has 0 heterocycles. The number of hydrogen-bond acceptors (Lipinski definition) is 3. The van der Waals surface area contributed by atoms with Gasteiger partial charge >= 0.3 is 35.5 Å². The smallest absolute Gasteiger partial charge is 1.00 e. The van der Waals surface area contributed by atoms with Crippen LogP contribution in [0.15, 0.2) is 53.9 Å². The normalized spacial score (nSPS) is 11.2. The molecule has 1 N–H and O–H groups in total. The van der Waals surface area contributed by atoms with Crippen LogP contribution in [0.25, 0.3) is 6.08 Å². The van der Waals surface area contributed by atoms with Crippen molar-refractivity contribution in [3.8, 4) is 0 Å². The zero-order chi connectivity index (χ0) is 16.2. The van der Waals surface area contributed by atoms with E-state index >= 15 is 0 Å². The van der Waals surface area contributed by atoms with E-state index in [9.17, 15) is 13.2 Å². The topological polar surface area (TPSA) is 71.4 Å². The molecule has 0 fully saturated rings. The Morgan fingerprint density at radius 3 is 2.17 bits per heavy atom. The second-order valence-corrected chi connectivity index (χ2v) is 6.99. The van der Waals surface area contributed by atoms with Gasteiger partial charge in [-0.1, -0.05) is 35.9 Å². The molecule has 4 nitrogen and oxygen atoms in total. The van der Waals surface area contributed by atoms with Crippen LogP contribution in [0.5, 0.6) is 0 Å². The Balaban J connectivity index is 0.00000264. The minimum atomic E-state index is -3.41. The van der Waals surface area contributed by atoms with Crippen LogP contribution in [0.2, 0.25) is 5.02 Å². The number of carbonyl (C=O) groups is 1. The third kappa shape index (κ3) is 6.49. The first-order chi connectivity index (χ1) is 10.4. The second kappa shape index (κ2) is 8.66. The van der Waals surface area contributed by atoms with Gasteiger partial charge < -0.3 is 6.53 Å². The molecule has 2 aromatic carbocycles. The molecule has 2 aromatic rings. The van der Waals surface area contributed by atoms with Gasteiger partial charge in [-0.15, -0.1) is 0 Å². The summed E-state index contributed by atoms with van der Waals surface area (Å²) in [6.45, 7) is 0. The monoisotopic (exact) mass is 360 g/mol. The van der Waals surface area contributed by atoms with Gasteiger partial charge in [-0.05, 0) is 41.5 Å². The van der Waals surface area contributed by atoms with Gasteiger partial charge in [-0.25, -0.2) is 13.2 Å². The Kier molecular flexibility index (Phi) is 7.51. The number of aromatic carboxylic acids is 1. The van der Waals surface area contributed by atoms with E-state index in [4.69, 9.17) is 16.7 Å². The van der Waals surface area contributed by atoms with E-state index in [0.29, 0.717) is 16.1 Å². The van der Waals surface area contributed by atoms with E-state index in [-0.39, 0.29) is 42.3 Å². The summed E-state index contributed by atoms with van der Waals surface area (Å²) < 4.78 is 24.0. The van der Waals surface area contributed by atoms with E-state index in [1.165, 1.54) is 18.2 Å². The Morgan fingerprint density at radius 1 is 1.09 bits per heavy atom. The molecule has 0 spiro atoms. The Labute approximate surface area is 163 Å². The van der Waals surface area contributed by atoms with Crippen LogP contribution in [-0.4, -0.2) is 19.5 Å². The quantitative estimate of drug-likeness (QED) is 0.798. The molecule has 0 saturated heterocycles. The van der Waals surface area contributed by atoms with Crippen LogP contribution in [0.4, 0.5) is 0 Å². The predicted molar refractivity (Wildman–Crippen MR) is 87.6 cm³/mol. The van der Waals surface area contributed by atoms with E-state index in [0.717, 1.165) is 5.41 Å². The molecule has 0 aromatic heterocycles. The molecule has 0 radical (unpaired) electrons. The molecular weight excluding hydrogens is 347 g/mol. The first-order valence-electron chi connectivity index (χ1n) is 6.34. The maximum atomic E-state index is 12.0. The molecule has 0 bridgehead atoms. The van der Waals surface area contributed by atoms with Crippen molar-refractivity contribution in [3.05, 3.63) is 75.7 Å². The Bertz CT molecular complexity index is 803. The predicted octanol–water partition coefficient (Wildman–Crippen LogP) is 0.740. The van der Waals surface area contributed by atoms with Crippen molar-refractivity contribution in [2.75, 3.05) is 0 Å². The van der Waals surface area contributed by atoms with Crippen molar-refractivity contribution >= 4 is 33.5 Å². The number of carboxylic acids is 1. The van der Waals surface area contributed by atoms with Crippen molar-refractivity contribution in [2.24, 2.45) is 0 Å². The van der Waals surface area contributed by atoms with E-state index in [1.807, 2.05) is 0 Å². The standard InChI is InChI=1S/C16H13ClO4S.Na.H/c17-15-7-3-13(4-8-15)11-22(20,21)10-9-12-1-5-14(6-2-12)16(18)19;;/h1-10H,11H2,(H,18,19);;/q;+1;-1/b10-9+;;. The number of hydrogen-bond donors (Lipinski definition) is 1. The van der Waals surface area contributed by atoms with Gasteiger partial charge in [0.1, 0.15) is 0 Å². The summed E-state index contributed by atoms with van der Waals surface area (Å²) in [5.41, 5.74) is 1.42. The SMILES string of the molecule is O=C(O)c1ccc(/C=C/S(=O)(=O)Cc2ccc(Cl)cc2)cc1.[H-].[Na+]. The van der Waals surface area contributed by atoms with Gasteiger partial charge in [0.25, 0.3) is 0 Å². The first kappa shape index (κ1) is 19.9. The molecule has 0 atom stereocenters. The van der Waals surface area contributed by atoms with Crippen LogP contribution in [0, 0.1) is 0 Å². The second-order valence-electron chi connectivity index (χ2n) is 4.66. The summed E-state index contributed by atoms with van der Waals surface area (Å²) in [6.07, 6.45) is 1.44. The van der Waals surface area contributed by atoms with Crippen LogP contribution in [0.3, 0.4) is 0 Å². The number of carboxylic acid groups (broad SMARTS) is 1. The van der Waals surface area contributed by atoms with Gasteiger partial charge in [0.05, 0.1) is 11.3 Å². The number of sulfone groups is 1. The van der Waals surface area contributed by atoms with E-state index in [2.05, 4.69) is 0 Å². The van der Waals surface area contributed by atoms with Gasteiger partial charge in [-0.2, -0.15) is 0 Å². The minimum absolute atomic E-state index is 0. The fraction of sp³-hybridized carbons (Fsp3) is 0.0625. The first-order valence-corrected chi connectivity index (χ1v) is 8.44. The van der Waals surface area contributed by atoms with Crippen LogP contribution < -0.4 is 29.6 Å². The third-order valence-electron chi connectivity index (χ3n) is 2.91. The molecule has 0 aliphatic carbocycles. The largest absolute Gasteiger partial charge is 1.00 e. The Morgan fingerprint density at radius 2 is 1.65 bits per heavy atom. The van der Waals surface area contributed by atoms with Gasteiger partial charge in [-0.3, -0.25) is 0 Å². The number of rotatable bonds is 5. The molecule has 116 valence electrons. The number of halogens is 1. The summed E-state index contributed by atoms with van der Waals surface area (Å²) >= 11 is 5.75. The Hall–Kier alpha value is -1.11. The van der Waals surface area contributed by atoms with Crippen LogP contribution >= 0.6 is 11.6 Å². The van der Waals surface area contributed by atoms with Gasteiger partial charge in [0.2, 0.25) is 0 Å². The molecular formula is C16H14ClNaO4S. The van der Waals surface area contributed by atoms with Crippen LogP contribution in [0.1, 0.15) is 22.9 Å². The minimum Gasteiger partial charge on any atom is -1.00 e. The molecule has 0 unspecified atom stereocenters. The van der Waals surface area contributed by atoms with E-state index in [1.54, 1.807) is 36.4 Å². The summed E-state index contributed by atoms with van der Waals surface area (Å²) in [5.74, 6) is -1.14. The van der Waals surface area contributed by atoms with Crippen LogP contribution in [-0.2, 0) is 15.6 Å². The van der Waals surface area contributed by atoms with Crippen molar-refractivity contribution in [2.45, 2.75) is 5.75 Å². The molecule has 7 heteroatoms. The zero-order valence-corrected chi connectivity index (χ0v) is 16.0. The third-order valence-corrected chi connectivity index (χ3v) is 4.45. The molecule has 23 heavy (non-hydrogen) atoms. The number of benzene rings is 2. The van der Waals surface area contributed by atoms with Crippen molar-refractivity contribution in [1.29, 1.82) is 0 Å². The zero-order valence-electron chi connectivity index (χ0n) is 13.4. The van der Waals surface area contributed by atoms with E-state index < -0.39 is 15.8 Å². The maximum absolute atomic E-state index is 12.0.